The predicted molar refractivity (Wildman–Crippen MR) is 69.3 cm³/mol. The van der Waals surface area contributed by atoms with Gasteiger partial charge in [-0.25, -0.2) is 13.4 Å². The van der Waals surface area contributed by atoms with Gasteiger partial charge < -0.3 is 9.47 Å². The van der Waals surface area contributed by atoms with E-state index < -0.39 is 10.0 Å². The first-order valence-electron chi connectivity index (χ1n) is 5.65. The van der Waals surface area contributed by atoms with Gasteiger partial charge in [0.1, 0.15) is 6.61 Å². The van der Waals surface area contributed by atoms with Crippen LogP contribution in [-0.4, -0.2) is 39.5 Å². The summed E-state index contributed by atoms with van der Waals surface area (Å²) in [5, 5.41) is 0. The smallest absolute Gasteiger partial charge is 0.232 e. The van der Waals surface area contributed by atoms with Gasteiger partial charge in [-0.2, -0.15) is 0 Å². The molecule has 102 valence electrons. The van der Waals surface area contributed by atoms with Gasteiger partial charge in [-0.05, 0) is 12.5 Å². The molecule has 0 bridgehead atoms. The van der Waals surface area contributed by atoms with E-state index >= 15 is 0 Å². The fourth-order valence-corrected chi connectivity index (χ4v) is 2.37. The number of rotatable bonds is 8. The Hall–Kier alpha value is -1.34. The summed E-state index contributed by atoms with van der Waals surface area (Å²) in [5.41, 5.74) is 0.433. The van der Waals surface area contributed by atoms with Gasteiger partial charge in [-0.15, -0.1) is 0 Å². The maximum absolute atomic E-state index is 11.5. The lowest BCUT2D eigenvalue weighted by molar-refractivity contribution is 0.144. The van der Waals surface area contributed by atoms with Crippen LogP contribution in [0, 0.1) is 0 Å². The minimum Gasteiger partial charge on any atom is -0.475 e. The fourth-order valence-electron chi connectivity index (χ4n) is 1.25. The number of anilines is 1. The Labute approximate surface area is 107 Å². The molecule has 0 aliphatic carbocycles. The van der Waals surface area contributed by atoms with Crippen LogP contribution in [0.5, 0.6) is 5.88 Å². The number of nitrogens with one attached hydrogen (secondary N) is 1. The first-order chi connectivity index (χ1) is 8.57. The topological polar surface area (TPSA) is 77.5 Å². The summed E-state index contributed by atoms with van der Waals surface area (Å²) >= 11 is 0. The zero-order chi connectivity index (χ0) is 13.4. The molecule has 0 radical (unpaired) electrons. The average molecular weight is 274 g/mol. The van der Waals surface area contributed by atoms with Crippen molar-refractivity contribution in [3.8, 4) is 5.88 Å². The molecule has 0 spiro atoms. The van der Waals surface area contributed by atoms with Gasteiger partial charge in [0.2, 0.25) is 15.9 Å². The molecule has 0 saturated heterocycles. The number of hydrogen-bond donors (Lipinski definition) is 1. The van der Waals surface area contributed by atoms with Crippen molar-refractivity contribution in [2.24, 2.45) is 0 Å². The Morgan fingerprint density at radius 3 is 2.67 bits per heavy atom. The molecule has 0 aliphatic heterocycles. The third-order valence-electron chi connectivity index (χ3n) is 2.02. The van der Waals surface area contributed by atoms with E-state index in [0.717, 1.165) is 0 Å². The summed E-state index contributed by atoms with van der Waals surface area (Å²) in [7, 11) is -1.68. The van der Waals surface area contributed by atoms with E-state index in [9.17, 15) is 8.42 Å². The van der Waals surface area contributed by atoms with Crippen LogP contribution in [0.2, 0.25) is 0 Å². The van der Waals surface area contributed by atoms with Crippen LogP contribution < -0.4 is 9.46 Å². The second-order valence-electron chi connectivity index (χ2n) is 3.65. The van der Waals surface area contributed by atoms with Crippen molar-refractivity contribution >= 4 is 15.7 Å². The number of sulfonamides is 1. The summed E-state index contributed by atoms with van der Waals surface area (Å²) in [5.74, 6) is 0.532. The van der Waals surface area contributed by atoms with Crippen molar-refractivity contribution in [1.29, 1.82) is 0 Å². The molecule has 7 heteroatoms. The lowest BCUT2D eigenvalue weighted by atomic mass is 10.4. The second-order valence-corrected chi connectivity index (χ2v) is 5.49. The predicted octanol–water partition coefficient (Wildman–Crippen LogP) is 1.26. The highest BCUT2D eigenvalue weighted by molar-refractivity contribution is 7.92. The SMILES string of the molecule is CCCS(=O)(=O)Nc1ccc(OCCOC)nc1. The standard InChI is InChI=1S/C11H18N2O4S/c1-3-8-18(14,15)13-10-4-5-11(12-9-10)17-7-6-16-2/h4-5,9,13H,3,6-8H2,1-2H3. The highest BCUT2D eigenvalue weighted by Crippen LogP contribution is 2.13. The molecule has 1 rings (SSSR count). The van der Waals surface area contributed by atoms with Gasteiger partial charge in [0, 0.05) is 13.2 Å². The molecule has 0 atom stereocenters. The van der Waals surface area contributed by atoms with E-state index in [0.29, 0.717) is 31.2 Å². The molecule has 0 aliphatic rings. The highest BCUT2D eigenvalue weighted by atomic mass is 32.2. The summed E-state index contributed by atoms with van der Waals surface area (Å²) < 4.78 is 35.6. The van der Waals surface area contributed by atoms with Crippen molar-refractivity contribution in [3.05, 3.63) is 18.3 Å². The van der Waals surface area contributed by atoms with Crippen LogP contribution in [-0.2, 0) is 14.8 Å². The van der Waals surface area contributed by atoms with Crippen LogP contribution in [0.15, 0.2) is 18.3 Å². The molecule has 0 fully saturated rings. The fraction of sp³-hybridized carbons (Fsp3) is 0.545. The Morgan fingerprint density at radius 1 is 1.33 bits per heavy atom. The summed E-state index contributed by atoms with van der Waals surface area (Å²) in [4.78, 5) is 3.99. The van der Waals surface area contributed by atoms with E-state index in [4.69, 9.17) is 9.47 Å². The number of hydrogen-bond acceptors (Lipinski definition) is 5. The zero-order valence-corrected chi connectivity index (χ0v) is 11.4. The maximum atomic E-state index is 11.5. The Bertz CT molecular complexity index is 445. The van der Waals surface area contributed by atoms with Gasteiger partial charge in [0.25, 0.3) is 0 Å². The quantitative estimate of drug-likeness (QED) is 0.722. The lowest BCUT2D eigenvalue weighted by Crippen LogP contribution is -2.16. The van der Waals surface area contributed by atoms with Crippen molar-refractivity contribution in [1.82, 2.24) is 4.98 Å². The molecule has 1 aromatic rings. The van der Waals surface area contributed by atoms with Crippen LogP contribution in [0.4, 0.5) is 5.69 Å². The van der Waals surface area contributed by atoms with Crippen LogP contribution in [0.25, 0.3) is 0 Å². The number of nitrogens with zero attached hydrogens (tertiary/aromatic N) is 1. The number of methoxy groups -OCH3 is 1. The number of ether oxygens (including phenoxy) is 2. The first kappa shape index (κ1) is 14.7. The molecule has 1 heterocycles. The van der Waals surface area contributed by atoms with Crippen molar-refractivity contribution in [2.75, 3.05) is 30.8 Å². The molecule has 1 N–H and O–H groups in total. The van der Waals surface area contributed by atoms with Crippen molar-refractivity contribution < 1.29 is 17.9 Å². The lowest BCUT2D eigenvalue weighted by Gasteiger charge is -2.08. The van der Waals surface area contributed by atoms with Crippen molar-refractivity contribution in [2.45, 2.75) is 13.3 Å². The maximum Gasteiger partial charge on any atom is 0.232 e. The van der Waals surface area contributed by atoms with E-state index in [-0.39, 0.29) is 5.75 Å². The van der Waals surface area contributed by atoms with E-state index in [1.54, 1.807) is 19.2 Å². The van der Waals surface area contributed by atoms with Gasteiger partial charge >= 0.3 is 0 Å². The largest absolute Gasteiger partial charge is 0.475 e. The molecular formula is C11H18N2O4S. The zero-order valence-electron chi connectivity index (χ0n) is 10.5. The first-order valence-corrected chi connectivity index (χ1v) is 7.31. The van der Waals surface area contributed by atoms with E-state index in [1.165, 1.54) is 6.20 Å². The molecule has 6 nitrogen and oxygen atoms in total. The second kappa shape index (κ2) is 7.17. The number of pyridine rings is 1. The van der Waals surface area contributed by atoms with Gasteiger partial charge in [0.15, 0.2) is 0 Å². The van der Waals surface area contributed by atoms with Crippen LogP contribution >= 0.6 is 0 Å². The summed E-state index contributed by atoms with van der Waals surface area (Å²) in [6.07, 6.45) is 2.00. The molecule has 0 amide bonds. The third-order valence-corrected chi connectivity index (χ3v) is 3.51. The molecule has 1 aromatic heterocycles. The Balaban J connectivity index is 2.55. The van der Waals surface area contributed by atoms with Gasteiger partial charge in [0.05, 0.1) is 24.2 Å². The Kier molecular flexibility index (Phi) is 5.87. The molecule has 0 unspecified atom stereocenters. The molecule has 0 saturated carbocycles. The molecular weight excluding hydrogens is 256 g/mol. The third kappa shape index (κ3) is 5.33. The average Bonchev–Trinajstić information content (AvgIpc) is 2.31. The van der Waals surface area contributed by atoms with Crippen LogP contribution in [0.3, 0.4) is 0 Å². The van der Waals surface area contributed by atoms with Gasteiger partial charge in [-0.1, -0.05) is 6.92 Å². The summed E-state index contributed by atoms with van der Waals surface area (Å²) in [6.45, 7) is 2.70. The number of aromatic nitrogens is 1. The van der Waals surface area contributed by atoms with Crippen LogP contribution in [0.1, 0.15) is 13.3 Å². The molecule has 18 heavy (non-hydrogen) atoms. The summed E-state index contributed by atoms with van der Waals surface area (Å²) in [6, 6.07) is 3.22. The van der Waals surface area contributed by atoms with Gasteiger partial charge in [-0.3, -0.25) is 4.72 Å². The minimum atomic E-state index is -3.27. The minimum absolute atomic E-state index is 0.0963. The van der Waals surface area contributed by atoms with E-state index in [1.807, 2.05) is 6.92 Å². The monoisotopic (exact) mass is 274 g/mol. The van der Waals surface area contributed by atoms with Crippen molar-refractivity contribution in [3.63, 3.8) is 0 Å². The molecule has 0 aromatic carbocycles. The highest BCUT2D eigenvalue weighted by Gasteiger charge is 2.08. The van der Waals surface area contributed by atoms with E-state index in [2.05, 4.69) is 9.71 Å². The normalized spacial score (nSPS) is 11.2. The Morgan fingerprint density at radius 2 is 2.11 bits per heavy atom.